The molecule has 118 valence electrons. The molecule has 2 rings (SSSR count). The van der Waals surface area contributed by atoms with Crippen LogP contribution in [-0.4, -0.2) is 48.0 Å². The van der Waals surface area contributed by atoms with E-state index < -0.39 is 0 Å². The summed E-state index contributed by atoms with van der Waals surface area (Å²) in [4.78, 5) is 28.1. The third-order valence-electron chi connectivity index (χ3n) is 3.06. The third kappa shape index (κ3) is 3.62. The first-order valence-electron chi connectivity index (χ1n) is 7.23. The fraction of sp³-hybridized carbons (Fsp3) is 0.400. The summed E-state index contributed by atoms with van der Waals surface area (Å²) in [7, 11) is 1.56. The van der Waals surface area contributed by atoms with Gasteiger partial charge < -0.3 is 15.4 Å². The van der Waals surface area contributed by atoms with Crippen molar-refractivity contribution >= 4 is 17.5 Å². The molecule has 2 heterocycles. The maximum atomic E-state index is 12.1. The molecular weight excluding hydrogens is 284 g/mol. The zero-order valence-corrected chi connectivity index (χ0v) is 12.8. The van der Waals surface area contributed by atoms with Crippen LogP contribution in [0.1, 0.15) is 34.3 Å². The molecule has 0 aliphatic carbocycles. The standard InChI is InChI=1S/C15H20N4O3/c1-3-8-22-9-7-17-14(20)11-10-19-12(15(21)16-2)5-4-6-13(19)18-11/h4-6,10H,3,7-9H2,1-2H3,(H,16,21)(H,17,20). The molecule has 0 aromatic carbocycles. The van der Waals surface area contributed by atoms with E-state index in [-0.39, 0.29) is 17.5 Å². The van der Waals surface area contributed by atoms with Crippen molar-refractivity contribution in [1.82, 2.24) is 20.0 Å². The largest absolute Gasteiger partial charge is 0.380 e. The molecule has 2 amide bonds. The Morgan fingerprint density at radius 1 is 1.27 bits per heavy atom. The molecule has 0 unspecified atom stereocenters. The number of carbonyl (C=O) groups is 2. The minimum absolute atomic E-state index is 0.233. The Balaban J connectivity index is 2.09. The average Bonchev–Trinajstić information content (AvgIpc) is 2.97. The molecule has 0 aliphatic rings. The highest BCUT2D eigenvalue weighted by Gasteiger charge is 2.14. The summed E-state index contributed by atoms with van der Waals surface area (Å²) in [6.07, 6.45) is 2.50. The van der Waals surface area contributed by atoms with Gasteiger partial charge in [-0.25, -0.2) is 4.98 Å². The smallest absolute Gasteiger partial charge is 0.271 e. The van der Waals surface area contributed by atoms with Crippen molar-refractivity contribution in [3.63, 3.8) is 0 Å². The van der Waals surface area contributed by atoms with E-state index >= 15 is 0 Å². The molecule has 2 aromatic rings. The molecule has 0 saturated heterocycles. The highest BCUT2D eigenvalue weighted by atomic mass is 16.5. The summed E-state index contributed by atoms with van der Waals surface area (Å²) in [6.45, 7) is 3.60. The van der Waals surface area contributed by atoms with Crippen LogP contribution in [-0.2, 0) is 4.74 Å². The van der Waals surface area contributed by atoms with E-state index in [4.69, 9.17) is 4.74 Å². The second-order valence-corrected chi connectivity index (χ2v) is 4.71. The number of carbonyl (C=O) groups excluding carboxylic acids is 2. The van der Waals surface area contributed by atoms with Crippen molar-refractivity contribution in [1.29, 1.82) is 0 Å². The topological polar surface area (TPSA) is 84.7 Å². The van der Waals surface area contributed by atoms with E-state index in [1.807, 2.05) is 6.92 Å². The van der Waals surface area contributed by atoms with E-state index in [1.54, 1.807) is 35.8 Å². The number of ether oxygens (including phenoxy) is 1. The van der Waals surface area contributed by atoms with Crippen LogP contribution in [0, 0.1) is 0 Å². The van der Waals surface area contributed by atoms with Crippen LogP contribution >= 0.6 is 0 Å². The lowest BCUT2D eigenvalue weighted by molar-refractivity contribution is 0.0909. The lowest BCUT2D eigenvalue weighted by atomic mass is 10.3. The number of nitrogens with zero attached hydrogens (tertiary/aromatic N) is 2. The molecule has 2 aromatic heterocycles. The van der Waals surface area contributed by atoms with Gasteiger partial charge in [-0.1, -0.05) is 13.0 Å². The Bertz CT molecular complexity index is 666. The van der Waals surface area contributed by atoms with Gasteiger partial charge in [-0.3, -0.25) is 14.0 Å². The maximum Gasteiger partial charge on any atom is 0.271 e. The molecule has 0 atom stereocenters. The highest BCUT2D eigenvalue weighted by molar-refractivity contribution is 5.95. The highest BCUT2D eigenvalue weighted by Crippen LogP contribution is 2.09. The van der Waals surface area contributed by atoms with Crippen LogP contribution in [0.4, 0.5) is 0 Å². The second-order valence-electron chi connectivity index (χ2n) is 4.71. The fourth-order valence-electron chi connectivity index (χ4n) is 2.01. The molecule has 0 bridgehead atoms. The van der Waals surface area contributed by atoms with Gasteiger partial charge in [0.05, 0.1) is 6.61 Å². The number of pyridine rings is 1. The fourth-order valence-corrected chi connectivity index (χ4v) is 2.01. The lowest BCUT2D eigenvalue weighted by Crippen LogP contribution is -2.27. The van der Waals surface area contributed by atoms with Crippen LogP contribution < -0.4 is 10.6 Å². The van der Waals surface area contributed by atoms with Gasteiger partial charge >= 0.3 is 0 Å². The number of rotatable bonds is 7. The van der Waals surface area contributed by atoms with Gasteiger partial charge in [-0.05, 0) is 18.6 Å². The molecule has 0 spiro atoms. The summed E-state index contributed by atoms with van der Waals surface area (Å²) < 4.78 is 6.90. The summed E-state index contributed by atoms with van der Waals surface area (Å²) in [5, 5.41) is 5.30. The molecule has 7 nitrogen and oxygen atoms in total. The summed E-state index contributed by atoms with van der Waals surface area (Å²) in [6, 6.07) is 5.15. The number of hydrogen-bond acceptors (Lipinski definition) is 4. The summed E-state index contributed by atoms with van der Waals surface area (Å²) in [5.41, 5.74) is 1.25. The normalized spacial score (nSPS) is 10.6. The molecule has 0 fully saturated rings. The van der Waals surface area contributed by atoms with Gasteiger partial charge in [0, 0.05) is 26.4 Å². The Morgan fingerprint density at radius 2 is 2.09 bits per heavy atom. The number of imidazole rings is 1. The minimum Gasteiger partial charge on any atom is -0.380 e. The Hall–Kier alpha value is -2.41. The number of aromatic nitrogens is 2. The summed E-state index contributed by atoms with van der Waals surface area (Å²) in [5.74, 6) is -0.519. The van der Waals surface area contributed by atoms with E-state index in [1.165, 1.54) is 0 Å². The maximum absolute atomic E-state index is 12.1. The van der Waals surface area contributed by atoms with E-state index in [2.05, 4.69) is 15.6 Å². The van der Waals surface area contributed by atoms with Gasteiger partial charge in [0.1, 0.15) is 17.0 Å². The van der Waals surface area contributed by atoms with Crippen LogP contribution in [0.5, 0.6) is 0 Å². The monoisotopic (exact) mass is 304 g/mol. The number of amides is 2. The molecule has 7 heteroatoms. The minimum atomic E-state index is -0.286. The van der Waals surface area contributed by atoms with Crippen molar-refractivity contribution in [3.05, 3.63) is 35.8 Å². The van der Waals surface area contributed by atoms with Crippen molar-refractivity contribution in [2.45, 2.75) is 13.3 Å². The van der Waals surface area contributed by atoms with Gasteiger partial charge in [0.2, 0.25) is 0 Å². The first-order valence-corrected chi connectivity index (χ1v) is 7.23. The van der Waals surface area contributed by atoms with E-state index in [9.17, 15) is 9.59 Å². The first-order chi connectivity index (χ1) is 10.7. The van der Waals surface area contributed by atoms with Gasteiger partial charge in [-0.2, -0.15) is 0 Å². The predicted octanol–water partition coefficient (Wildman–Crippen LogP) is 0.850. The Morgan fingerprint density at radius 3 is 2.82 bits per heavy atom. The number of hydrogen-bond donors (Lipinski definition) is 2. The zero-order chi connectivity index (χ0) is 15.9. The van der Waals surface area contributed by atoms with Crippen LogP contribution in [0.25, 0.3) is 5.65 Å². The zero-order valence-electron chi connectivity index (χ0n) is 12.8. The summed E-state index contributed by atoms with van der Waals surface area (Å²) >= 11 is 0. The number of fused-ring (bicyclic) bond motifs is 1. The lowest BCUT2D eigenvalue weighted by Gasteiger charge is -2.03. The predicted molar refractivity (Wildman–Crippen MR) is 82.0 cm³/mol. The van der Waals surface area contributed by atoms with Gasteiger partial charge in [0.25, 0.3) is 11.8 Å². The van der Waals surface area contributed by atoms with Crippen molar-refractivity contribution in [2.24, 2.45) is 0 Å². The van der Waals surface area contributed by atoms with E-state index in [0.717, 1.165) is 6.42 Å². The molecule has 2 N–H and O–H groups in total. The van der Waals surface area contributed by atoms with Crippen LogP contribution in [0.2, 0.25) is 0 Å². The Kier molecular flexibility index (Phi) is 5.48. The van der Waals surface area contributed by atoms with Crippen molar-refractivity contribution in [3.8, 4) is 0 Å². The van der Waals surface area contributed by atoms with E-state index in [0.29, 0.717) is 31.1 Å². The SMILES string of the molecule is CCCOCCNC(=O)c1cn2c(C(=O)NC)cccc2n1. The molecule has 0 saturated carbocycles. The van der Waals surface area contributed by atoms with Crippen molar-refractivity contribution < 1.29 is 14.3 Å². The van der Waals surface area contributed by atoms with Crippen LogP contribution in [0.15, 0.2) is 24.4 Å². The van der Waals surface area contributed by atoms with Crippen LogP contribution in [0.3, 0.4) is 0 Å². The van der Waals surface area contributed by atoms with Crippen molar-refractivity contribution in [2.75, 3.05) is 26.8 Å². The Labute approximate surface area is 128 Å². The molecule has 0 aliphatic heterocycles. The first kappa shape index (κ1) is 16.0. The van der Waals surface area contributed by atoms with Gasteiger partial charge in [-0.15, -0.1) is 0 Å². The van der Waals surface area contributed by atoms with Gasteiger partial charge in [0.15, 0.2) is 0 Å². The third-order valence-corrected chi connectivity index (χ3v) is 3.06. The molecule has 0 radical (unpaired) electrons. The number of nitrogens with one attached hydrogen (secondary N) is 2. The quantitative estimate of drug-likeness (QED) is 0.743. The second kappa shape index (κ2) is 7.56. The molecular formula is C15H20N4O3. The molecule has 22 heavy (non-hydrogen) atoms. The average molecular weight is 304 g/mol.